The highest BCUT2D eigenvalue weighted by Crippen LogP contribution is 2.21. The Balaban J connectivity index is 1.67. The molecule has 2 fully saturated rings. The molecule has 0 bridgehead atoms. The zero-order chi connectivity index (χ0) is 16.2. The summed E-state index contributed by atoms with van der Waals surface area (Å²) in [5, 5.41) is 8.52. The third-order valence-corrected chi connectivity index (χ3v) is 5.06. The lowest BCUT2D eigenvalue weighted by Gasteiger charge is -2.35. The molecule has 0 aromatic carbocycles. The van der Waals surface area contributed by atoms with Crippen molar-refractivity contribution in [1.29, 1.82) is 0 Å². The quantitative estimate of drug-likeness (QED) is 0.848. The fourth-order valence-electron chi connectivity index (χ4n) is 3.48. The molecule has 3 heterocycles. The number of hydrogen-bond donors (Lipinski definition) is 0. The molecule has 6 heteroatoms. The van der Waals surface area contributed by atoms with Gasteiger partial charge in [-0.05, 0) is 44.9 Å². The molecular formula is C17H27N5O. The van der Waals surface area contributed by atoms with Crippen LogP contribution in [0.4, 0.5) is 5.82 Å². The van der Waals surface area contributed by atoms with E-state index in [0.717, 1.165) is 57.8 Å². The normalized spacial score (nSPS) is 23.1. The standard InChI is InChI=1S/C17H27N5O/c1-3-14-6-4-5-9-22(14)17(23)15-7-8-16(19-18-15)21-12-10-20(2)11-13-21/h7-8,14H,3-6,9-13H2,1-2H3. The molecule has 0 aliphatic carbocycles. The number of rotatable bonds is 3. The van der Waals surface area contributed by atoms with Gasteiger partial charge in [-0.15, -0.1) is 10.2 Å². The Morgan fingerprint density at radius 2 is 1.91 bits per heavy atom. The van der Waals surface area contributed by atoms with Crippen LogP contribution in [-0.4, -0.2) is 71.7 Å². The number of amides is 1. The monoisotopic (exact) mass is 317 g/mol. The van der Waals surface area contributed by atoms with Crippen molar-refractivity contribution in [3.63, 3.8) is 0 Å². The van der Waals surface area contributed by atoms with E-state index in [0.29, 0.717) is 11.7 Å². The average molecular weight is 317 g/mol. The number of piperidine rings is 1. The van der Waals surface area contributed by atoms with E-state index in [-0.39, 0.29) is 5.91 Å². The molecule has 1 atom stereocenters. The lowest BCUT2D eigenvalue weighted by molar-refractivity contribution is 0.0600. The van der Waals surface area contributed by atoms with Crippen LogP contribution in [-0.2, 0) is 0 Å². The number of likely N-dealkylation sites (tertiary alicyclic amines) is 1. The highest BCUT2D eigenvalue weighted by molar-refractivity contribution is 5.92. The Kier molecular flexibility index (Phi) is 5.10. The van der Waals surface area contributed by atoms with Gasteiger partial charge < -0.3 is 14.7 Å². The molecule has 0 radical (unpaired) electrons. The first kappa shape index (κ1) is 16.2. The molecule has 1 aromatic heterocycles. The second kappa shape index (κ2) is 7.25. The van der Waals surface area contributed by atoms with Gasteiger partial charge in [0, 0.05) is 38.8 Å². The van der Waals surface area contributed by atoms with Crippen LogP contribution in [0.15, 0.2) is 12.1 Å². The molecule has 6 nitrogen and oxygen atoms in total. The predicted octanol–water partition coefficient (Wildman–Crippen LogP) is 1.63. The molecule has 0 spiro atoms. The number of hydrogen-bond acceptors (Lipinski definition) is 5. The first-order chi connectivity index (χ1) is 11.2. The summed E-state index contributed by atoms with van der Waals surface area (Å²) >= 11 is 0. The van der Waals surface area contributed by atoms with Crippen molar-refractivity contribution in [3.8, 4) is 0 Å². The zero-order valence-electron chi connectivity index (χ0n) is 14.2. The first-order valence-electron chi connectivity index (χ1n) is 8.77. The van der Waals surface area contributed by atoms with Gasteiger partial charge in [0.05, 0.1) is 0 Å². The molecule has 1 amide bonds. The van der Waals surface area contributed by atoms with Gasteiger partial charge in [-0.2, -0.15) is 0 Å². The topological polar surface area (TPSA) is 52.6 Å². The van der Waals surface area contributed by atoms with E-state index < -0.39 is 0 Å². The summed E-state index contributed by atoms with van der Waals surface area (Å²) in [6, 6.07) is 4.14. The van der Waals surface area contributed by atoms with E-state index in [9.17, 15) is 4.79 Å². The van der Waals surface area contributed by atoms with Crippen molar-refractivity contribution < 1.29 is 4.79 Å². The van der Waals surface area contributed by atoms with Gasteiger partial charge in [-0.3, -0.25) is 4.79 Å². The van der Waals surface area contributed by atoms with Gasteiger partial charge in [0.2, 0.25) is 0 Å². The molecule has 0 N–H and O–H groups in total. The number of likely N-dealkylation sites (N-methyl/N-ethyl adjacent to an activating group) is 1. The Hall–Kier alpha value is -1.69. The minimum atomic E-state index is 0.0361. The van der Waals surface area contributed by atoms with Crippen LogP contribution in [0.5, 0.6) is 0 Å². The lowest BCUT2D eigenvalue weighted by atomic mass is 9.99. The molecule has 0 saturated carbocycles. The second-order valence-corrected chi connectivity index (χ2v) is 6.62. The van der Waals surface area contributed by atoms with Crippen molar-refractivity contribution in [1.82, 2.24) is 20.0 Å². The van der Waals surface area contributed by atoms with Gasteiger partial charge in [0.25, 0.3) is 5.91 Å². The van der Waals surface area contributed by atoms with Crippen LogP contribution in [0.1, 0.15) is 43.1 Å². The van der Waals surface area contributed by atoms with Crippen LogP contribution in [0.25, 0.3) is 0 Å². The highest BCUT2D eigenvalue weighted by atomic mass is 16.2. The summed E-state index contributed by atoms with van der Waals surface area (Å²) in [4.78, 5) is 19.2. The third-order valence-electron chi connectivity index (χ3n) is 5.06. The van der Waals surface area contributed by atoms with Gasteiger partial charge >= 0.3 is 0 Å². The Bertz CT molecular complexity index is 524. The van der Waals surface area contributed by atoms with E-state index >= 15 is 0 Å². The smallest absolute Gasteiger partial charge is 0.274 e. The van der Waals surface area contributed by atoms with E-state index in [2.05, 4.69) is 34.0 Å². The maximum atomic E-state index is 12.7. The molecular weight excluding hydrogens is 290 g/mol. The van der Waals surface area contributed by atoms with Crippen LogP contribution >= 0.6 is 0 Å². The van der Waals surface area contributed by atoms with Gasteiger partial charge in [-0.25, -0.2) is 0 Å². The first-order valence-corrected chi connectivity index (χ1v) is 8.77. The molecule has 1 aromatic rings. The summed E-state index contributed by atoms with van der Waals surface area (Å²) < 4.78 is 0. The van der Waals surface area contributed by atoms with Gasteiger partial charge in [0.1, 0.15) is 0 Å². The number of carbonyl (C=O) groups is 1. The average Bonchev–Trinajstić information content (AvgIpc) is 2.62. The van der Waals surface area contributed by atoms with Crippen LogP contribution in [0, 0.1) is 0 Å². The molecule has 126 valence electrons. The number of piperazine rings is 1. The van der Waals surface area contributed by atoms with Gasteiger partial charge in [0.15, 0.2) is 11.5 Å². The maximum absolute atomic E-state index is 12.7. The van der Waals surface area contributed by atoms with Crippen LogP contribution in [0.2, 0.25) is 0 Å². The summed E-state index contributed by atoms with van der Waals surface area (Å²) in [5.74, 6) is 0.911. The van der Waals surface area contributed by atoms with E-state index in [1.165, 1.54) is 6.42 Å². The molecule has 2 aliphatic heterocycles. The van der Waals surface area contributed by atoms with Crippen molar-refractivity contribution in [2.24, 2.45) is 0 Å². The highest BCUT2D eigenvalue weighted by Gasteiger charge is 2.27. The summed E-state index contributed by atoms with van der Waals surface area (Å²) in [5.41, 5.74) is 0.475. The molecule has 23 heavy (non-hydrogen) atoms. The van der Waals surface area contributed by atoms with E-state index in [1.54, 1.807) is 0 Å². The summed E-state index contributed by atoms with van der Waals surface area (Å²) in [6.07, 6.45) is 4.43. The number of carbonyl (C=O) groups excluding carboxylic acids is 1. The molecule has 2 aliphatic rings. The Labute approximate surface area is 138 Å². The second-order valence-electron chi connectivity index (χ2n) is 6.62. The van der Waals surface area contributed by atoms with Crippen molar-refractivity contribution in [2.75, 3.05) is 44.7 Å². The van der Waals surface area contributed by atoms with Gasteiger partial charge in [-0.1, -0.05) is 6.92 Å². The van der Waals surface area contributed by atoms with Crippen molar-refractivity contribution >= 4 is 11.7 Å². The van der Waals surface area contributed by atoms with Crippen molar-refractivity contribution in [3.05, 3.63) is 17.8 Å². The third kappa shape index (κ3) is 3.63. The summed E-state index contributed by atoms with van der Waals surface area (Å²) in [6.45, 7) is 6.99. The number of aromatic nitrogens is 2. The Morgan fingerprint density at radius 1 is 1.13 bits per heavy atom. The summed E-state index contributed by atoms with van der Waals surface area (Å²) in [7, 11) is 2.13. The minimum absolute atomic E-state index is 0.0361. The SMILES string of the molecule is CCC1CCCCN1C(=O)c1ccc(N2CCN(C)CC2)nn1. The van der Waals surface area contributed by atoms with Crippen LogP contribution in [0.3, 0.4) is 0 Å². The zero-order valence-corrected chi connectivity index (χ0v) is 14.2. The predicted molar refractivity (Wildman–Crippen MR) is 90.7 cm³/mol. The fraction of sp³-hybridized carbons (Fsp3) is 0.706. The molecule has 2 saturated heterocycles. The lowest BCUT2D eigenvalue weighted by Crippen LogP contribution is -2.45. The van der Waals surface area contributed by atoms with Crippen molar-refractivity contribution in [2.45, 2.75) is 38.6 Å². The maximum Gasteiger partial charge on any atom is 0.274 e. The number of anilines is 1. The molecule has 1 unspecified atom stereocenters. The number of nitrogens with zero attached hydrogens (tertiary/aromatic N) is 5. The minimum Gasteiger partial charge on any atom is -0.353 e. The Morgan fingerprint density at radius 3 is 2.57 bits per heavy atom. The van der Waals surface area contributed by atoms with Crippen LogP contribution < -0.4 is 4.90 Å². The van der Waals surface area contributed by atoms with E-state index in [4.69, 9.17) is 0 Å². The largest absolute Gasteiger partial charge is 0.353 e. The fourth-order valence-corrected chi connectivity index (χ4v) is 3.48. The molecule has 3 rings (SSSR count). The van der Waals surface area contributed by atoms with E-state index in [1.807, 2.05) is 17.0 Å².